The summed E-state index contributed by atoms with van der Waals surface area (Å²) in [7, 11) is -6.47. The molecule has 16 heavy (non-hydrogen) atoms. The number of hydrogen-bond acceptors (Lipinski definition) is 4. The van der Waals surface area contributed by atoms with Crippen molar-refractivity contribution < 1.29 is 53.2 Å². The lowest BCUT2D eigenvalue weighted by molar-refractivity contribution is -0.523. The highest BCUT2D eigenvalue weighted by atomic mass is 32.2. The van der Waals surface area contributed by atoms with Crippen LogP contribution in [0.15, 0.2) is 0 Å². The lowest BCUT2D eigenvalue weighted by Crippen LogP contribution is -2.43. The zero-order valence-electron chi connectivity index (χ0n) is 6.63. The van der Waals surface area contributed by atoms with Gasteiger partial charge >= 0.3 is 28.2 Å². The largest absolute Gasteiger partial charge is 0.529 e. The van der Waals surface area contributed by atoms with Crippen LogP contribution in [-0.2, 0) is 19.6 Å². The van der Waals surface area contributed by atoms with E-state index in [1.54, 1.807) is 4.74 Å². The van der Waals surface area contributed by atoms with Gasteiger partial charge in [-0.2, -0.15) is 21.9 Å². The molecule has 0 aliphatic carbocycles. The van der Waals surface area contributed by atoms with Crippen LogP contribution in [0.4, 0.5) is 30.7 Å². The first-order valence-corrected chi connectivity index (χ1v) is 4.30. The van der Waals surface area contributed by atoms with Gasteiger partial charge in [-0.1, -0.05) is 0 Å². The fraction of sp³-hybridized carbons (Fsp3) is 1.00. The van der Waals surface area contributed by atoms with Crippen molar-refractivity contribution in [2.75, 3.05) is 0 Å². The molecule has 0 bridgehead atoms. The Morgan fingerprint density at radius 3 is 1.50 bits per heavy atom. The summed E-state index contributed by atoms with van der Waals surface area (Å²) in [5, 5.41) is 0. The molecule has 0 aliphatic rings. The van der Waals surface area contributed by atoms with Crippen LogP contribution >= 0.6 is 0 Å². The molecule has 0 aliphatic heterocycles. The summed E-state index contributed by atoms with van der Waals surface area (Å²) in [6, 6.07) is 0. The normalized spacial score (nSPS) is 15.2. The van der Waals surface area contributed by atoms with Gasteiger partial charge in [0.1, 0.15) is 0 Å². The Balaban J connectivity index is 4.85. The summed E-state index contributed by atoms with van der Waals surface area (Å²) in [6.07, 6.45) is -12.0. The SMILES string of the molecule is O=S(=O)(O)C(F)(F)OC(F)(F)OC(F)(F)F. The molecule has 0 rings (SSSR count). The Labute approximate surface area is 82.5 Å². The predicted octanol–water partition coefficient (Wildman–Crippen LogP) is 1.53. The second-order valence-electron chi connectivity index (χ2n) is 2.05. The highest BCUT2D eigenvalue weighted by molar-refractivity contribution is 7.86. The molecule has 0 saturated heterocycles. The third-order valence-corrected chi connectivity index (χ3v) is 1.46. The van der Waals surface area contributed by atoms with Crippen LogP contribution in [0.25, 0.3) is 0 Å². The molecule has 0 aromatic heterocycles. The molecule has 0 atom stereocenters. The quantitative estimate of drug-likeness (QED) is 0.481. The molecule has 0 heterocycles. The molecule has 0 amide bonds. The number of halogens is 7. The van der Waals surface area contributed by atoms with E-state index in [4.69, 9.17) is 4.55 Å². The van der Waals surface area contributed by atoms with Gasteiger partial charge in [0.05, 0.1) is 0 Å². The Hall–Kier alpha value is -0.660. The Kier molecular flexibility index (Phi) is 3.81. The van der Waals surface area contributed by atoms with Crippen molar-refractivity contribution in [3.63, 3.8) is 0 Å². The molecular formula is C3HF7O5S. The van der Waals surface area contributed by atoms with Crippen LogP contribution < -0.4 is 0 Å². The molecule has 0 radical (unpaired) electrons. The van der Waals surface area contributed by atoms with E-state index in [9.17, 15) is 39.2 Å². The van der Waals surface area contributed by atoms with Gasteiger partial charge < -0.3 is 0 Å². The van der Waals surface area contributed by atoms with Crippen LogP contribution in [0.3, 0.4) is 0 Å². The Bertz CT molecular complexity index is 344. The van der Waals surface area contributed by atoms with E-state index in [-0.39, 0.29) is 0 Å². The van der Waals surface area contributed by atoms with Crippen molar-refractivity contribution in [1.29, 1.82) is 0 Å². The summed E-state index contributed by atoms with van der Waals surface area (Å²) >= 11 is 0. The molecule has 0 saturated carbocycles. The molecule has 1 N–H and O–H groups in total. The molecule has 0 aromatic carbocycles. The zero-order valence-corrected chi connectivity index (χ0v) is 7.45. The van der Waals surface area contributed by atoms with Crippen molar-refractivity contribution in [2.45, 2.75) is 18.1 Å². The predicted molar refractivity (Wildman–Crippen MR) is 29.7 cm³/mol. The smallest absolute Gasteiger partial charge is 0.279 e. The van der Waals surface area contributed by atoms with Crippen molar-refractivity contribution in [3.8, 4) is 0 Å². The highest BCUT2D eigenvalue weighted by Gasteiger charge is 2.58. The molecule has 0 spiro atoms. The summed E-state index contributed by atoms with van der Waals surface area (Å²) < 4.78 is 112. The summed E-state index contributed by atoms with van der Waals surface area (Å²) in [6.45, 7) is 0. The third kappa shape index (κ3) is 4.91. The molecule has 13 heteroatoms. The van der Waals surface area contributed by atoms with E-state index in [0.29, 0.717) is 0 Å². The van der Waals surface area contributed by atoms with E-state index < -0.39 is 28.2 Å². The molecular weight excluding hydrogens is 281 g/mol. The first-order valence-electron chi connectivity index (χ1n) is 2.86. The lowest BCUT2D eigenvalue weighted by atomic mass is 11.1. The summed E-state index contributed by atoms with van der Waals surface area (Å²) in [5.74, 6) is 0. The van der Waals surface area contributed by atoms with Crippen molar-refractivity contribution in [1.82, 2.24) is 0 Å². The standard InChI is InChI=1S/C3HF7O5S/c4-1(5,6)14-2(7,8)15-3(9,10)16(11,12)13/h(H,11,12,13). The van der Waals surface area contributed by atoms with Gasteiger partial charge in [-0.05, 0) is 0 Å². The maximum Gasteiger partial charge on any atom is 0.529 e. The van der Waals surface area contributed by atoms with Gasteiger partial charge in [0, 0.05) is 0 Å². The van der Waals surface area contributed by atoms with Crippen LogP contribution in [0.5, 0.6) is 0 Å². The summed E-state index contributed by atoms with van der Waals surface area (Å²) in [5.41, 5.74) is -5.96. The Morgan fingerprint density at radius 1 is 0.875 bits per heavy atom. The number of hydrogen-bond donors (Lipinski definition) is 1. The zero-order chi connectivity index (χ0) is 13.4. The first kappa shape index (κ1) is 15.3. The second kappa shape index (κ2) is 3.97. The van der Waals surface area contributed by atoms with Crippen molar-refractivity contribution in [2.24, 2.45) is 0 Å². The van der Waals surface area contributed by atoms with Gasteiger partial charge in [0.25, 0.3) is 0 Å². The number of ether oxygens (including phenoxy) is 2. The summed E-state index contributed by atoms with van der Waals surface area (Å²) in [4.78, 5) is 0. The average molecular weight is 282 g/mol. The van der Waals surface area contributed by atoms with Crippen LogP contribution in [0.2, 0.25) is 0 Å². The van der Waals surface area contributed by atoms with Gasteiger partial charge in [-0.25, -0.2) is 4.74 Å². The topological polar surface area (TPSA) is 72.8 Å². The molecule has 5 nitrogen and oxygen atoms in total. The minimum atomic E-state index is -6.47. The van der Waals surface area contributed by atoms with Gasteiger partial charge in [-0.15, -0.1) is 22.0 Å². The molecule has 98 valence electrons. The maximum atomic E-state index is 12.0. The van der Waals surface area contributed by atoms with E-state index in [0.717, 1.165) is 0 Å². The van der Waals surface area contributed by atoms with Crippen molar-refractivity contribution in [3.05, 3.63) is 0 Å². The van der Waals surface area contributed by atoms with Crippen LogP contribution in [0, 0.1) is 0 Å². The minimum absolute atomic E-state index is 1.75. The van der Waals surface area contributed by atoms with Crippen LogP contribution in [0.1, 0.15) is 0 Å². The second-order valence-corrected chi connectivity index (χ2v) is 3.48. The Morgan fingerprint density at radius 2 is 1.25 bits per heavy atom. The lowest BCUT2D eigenvalue weighted by Gasteiger charge is -2.21. The number of rotatable bonds is 4. The molecule has 0 fully saturated rings. The monoisotopic (exact) mass is 282 g/mol. The molecule has 0 aromatic rings. The number of alkyl halides is 7. The highest BCUT2D eigenvalue weighted by Crippen LogP contribution is 2.35. The van der Waals surface area contributed by atoms with Gasteiger partial charge in [-0.3, -0.25) is 4.55 Å². The van der Waals surface area contributed by atoms with E-state index >= 15 is 0 Å². The average Bonchev–Trinajstić information content (AvgIpc) is 1.72. The van der Waals surface area contributed by atoms with Crippen molar-refractivity contribution >= 4 is 10.1 Å². The maximum absolute atomic E-state index is 12.0. The van der Waals surface area contributed by atoms with Gasteiger partial charge in [0.2, 0.25) is 0 Å². The fourth-order valence-electron chi connectivity index (χ4n) is 0.347. The van der Waals surface area contributed by atoms with Crippen LogP contribution in [-0.4, -0.2) is 31.1 Å². The third-order valence-electron chi connectivity index (χ3n) is 0.772. The first-order chi connectivity index (χ1) is 6.66. The van der Waals surface area contributed by atoms with E-state index in [1.807, 2.05) is 4.74 Å². The molecule has 0 unspecified atom stereocenters. The fourth-order valence-corrected chi connectivity index (χ4v) is 0.549. The van der Waals surface area contributed by atoms with E-state index in [1.165, 1.54) is 0 Å². The van der Waals surface area contributed by atoms with E-state index in [2.05, 4.69) is 0 Å². The minimum Gasteiger partial charge on any atom is -0.279 e. The van der Waals surface area contributed by atoms with Gasteiger partial charge in [0.15, 0.2) is 0 Å².